The van der Waals surface area contributed by atoms with E-state index < -0.39 is 0 Å². The fourth-order valence-electron chi connectivity index (χ4n) is 3.77. The number of nitrogens with one attached hydrogen (secondary N) is 1. The molecule has 2 amide bonds. The van der Waals surface area contributed by atoms with Gasteiger partial charge in [0, 0.05) is 22.9 Å². The second-order valence-corrected chi connectivity index (χ2v) is 8.16. The molecule has 3 aromatic rings. The first kappa shape index (κ1) is 19.4. The van der Waals surface area contributed by atoms with Crippen molar-refractivity contribution < 1.29 is 9.59 Å². The Labute approximate surface area is 178 Å². The van der Waals surface area contributed by atoms with Crippen LogP contribution in [0.5, 0.6) is 0 Å². The van der Waals surface area contributed by atoms with Gasteiger partial charge < -0.3 is 10.2 Å². The molecule has 0 aromatic heterocycles. The number of hydrogen-bond donors (Lipinski definition) is 1. The first-order chi connectivity index (χ1) is 14.1. The number of fused-ring (bicyclic) bond motifs is 1. The van der Waals surface area contributed by atoms with Gasteiger partial charge in [0.05, 0.1) is 10.9 Å². The van der Waals surface area contributed by atoms with Gasteiger partial charge in [-0.25, -0.2) is 0 Å². The highest BCUT2D eigenvalue weighted by molar-refractivity contribution is 9.09. The van der Waals surface area contributed by atoms with Gasteiger partial charge in [-0.3, -0.25) is 9.59 Å². The van der Waals surface area contributed by atoms with Crippen LogP contribution in [0.2, 0.25) is 0 Å². The number of alkyl halides is 1. The van der Waals surface area contributed by atoms with Gasteiger partial charge in [-0.1, -0.05) is 70.5 Å². The minimum absolute atomic E-state index is 0.0529. The first-order valence-corrected chi connectivity index (χ1v) is 10.5. The van der Waals surface area contributed by atoms with Crippen LogP contribution in [0.15, 0.2) is 84.9 Å². The van der Waals surface area contributed by atoms with Crippen LogP contribution in [0, 0.1) is 0 Å². The van der Waals surface area contributed by atoms with Crippen molar-refractivity contribution in [2.45, 2.75) is 23.8 Å². The molecule has 5 heteroatoms. The molecule has 1 heterocycles. The number of benzene rings is 3. The van der Waals surface area contributed by atoms with Gasteiger partial charge >= 0.3 is 0 Å². The molecule has 1 aliphatic heterocycles. The Balaban J connectivity index is 1.70. The summed E-state index contributed by atoms with van der Waals surface area (Å²) in [4.78, 5) is 27.8. The molecule has 3 aromatic carbocycles. The van der Waals surface area contributed by atoms with E-state index in [-0.39, 0.29) is 28.7 Å². The van der Waals surface area contributed by atoms with Crippen LogP contribution >= 0.6 is 15.9 Å². The second kappa shape index (κ2) is 8.21. The highest BCUT2D eigenvalue weighted by Crippen LogP contribution is 2.41. The fraction of sp³-hybridized carbons (Fsp3) is 0.167. The fourth-order valence-corrected chi connectivity index (χ4v) is 4.42. The number of para-hydroxylation sites is 1. The van der Waals surface area contributed by atoms with Crippen LogP contribution < -0.4 is 10.2 Å². The molecule has 0 fully saturated rings. The number of carbonyl (C=O) groups excluding carboxylic acids is 2. The van der Waals surface area contributed by atoms with Crippen molar-refractivity contribution in [3.8, 4) is 0 Å². The normalized spacial score (nSPS) is 20.6. The lowest BCUT2D eigenvalue weighted by Gasteiger charge is -2.43. The average molecular weight is 449 g/mol. The smallest absolute Gasteiger partial charge is 0.258 e. The van der Waals surface area contributed by atoms with E-state index in [0.29, 0.717) is 11.1 Å². The van der Waals surface area contributed by atoms with Gasteiger partial charge in [0.15, 0.2) is 0 Å². The number of rotatable bonds is 3. The van der Waals surface area contributed by atoms with Crippen molar-refractivity contribution in [2.24, 2.45) is 0 Å². The van der Waals surface area contributed by atoms with E-state index in [1.807, 2.05) is 84.6 Å². The van der Waals surface area contributed by atoms with Crippen LogP contribution in [0.1, 0.15) is 39.2 Å². The summed E-state index contributed by atoms with van der Waals surface area (Å²) in [7, 11) is 0. The highest BCUT2D eigenvalue weighted by Gasteiger charge is 2.41. The van der Waals surface area contributed by atoms with Crippen molar-refractivity contribution in [2.75, 3.05) is 4.90 Å². The third-order valence-electron chi connectivity index (χ3n) is 5.28. The van der Waals surface area contributed by atoms with Gasteiger partial charge in [0.2, 0.25) is 0 Å². The minimum Gasteiger partial charge on any atom is -0.344 e. The number of carbonyl (C=O) groups is 2. The van der Waals surface area contributed by atoms with Crippen molar-refractivity contribution in [1.29, 1.82) is 0 Å². The standard InChI is InChI=1S/C24H21BrN2O2/c1-16-21(25)22(26-23(28)17-10-4-2-5-11-17)19-14-8-9-15-20(19)27(16)24(29)18-12-6-3-7-13-18/h2-16,21-22H,1H3,(H,26,28). The Morgan fingerprint density at radius 1 is 0.828 bits per heavy atom. The Morgan fingerprint density at radius 3 is 2.03 bits per heavy atom. The second-order valence-electron chi connectivity index (χ2n) is 7.10. The van der Waals surface area contributed by atoms with E-state index in [1.165, 1.54) is 0 Å². The molecule has 1 N–H and O–H groups in total. The summed E-state index contributed by atoms with van der Waals surface area (Å²) in [6.45, 7) is 2.00. The Hall–Kier alpha value is -2.92. The lowest BCUT2D eigenvalue weighted by molar-refractivity contribution is 0.0931. The first-order valence-electron chi connectivity index (χ1n) is 9.55. The average Bonchev–Trinajstić information content (AvgIpc) is 2.78. The summed E-state index contributed by atoms with van der Waals surface area (Å²) >= 11 is 3.76. The molecule has 0 saturated carbocycles. The van der Waals surface area contributed by atoms with E-state index in [0.717, 1.165) is 11.3 Å². The zero-order valence-corrected chi connectivity index (χ0v) is 17.5. The topological polar surface area (TPSA) is 49.4 Å². The molecule has 1 aliphatic rings. The quantitative estimate of drug-likeness (QED) is 0.574. The molecule has 29 heavy (non-hydrogen) atoms. The maximum atomic E-state index is 13.3. The van der Waals surface area contributed by atoms with Crippen LogP contribution in [0.25, 0.3) is 0 Å². The largest absolute Gasteiger partial charge is 0.344 e. The van der Waals surface area contributed by atoms with Gasteiger partial charge in [-0.15, -0.1) is 0 Å². The SMILES string of the molecule is CC1C(Br)C(NC(=O)c2ccccc2)c2ccccc2N1C(=O)c1ccccc1. The molecular weight excluding hydrogens is 428 g/mol. The molecule has 3 atom stereocenters. The van der Waals surface area contributed by atoms with E-state index in [1.54, 1.807) is 12.1 Å². The maximum Gasteiger partial charge on any atom is 0.258 e. The summed E-state index contributed by atoms with van der Waals surface area (Å²) in [5, 5.41) is 3.15. The van der Waals surface area contributed by atoms with Crippen LogP contribution in [-0.2, 0) is 0 Å². The Bertz CT molecular complexity index is 1020. The number of halogens is 1. The van der Waals surface area contributed by atoms with Crippen molar-refractivity contribution in [1.82, 2.24) is 5.32 Å². The van der Waals surface area contributed by atoms with Crippen molar-refractivity contribution in [3.63, 3.8) is 0 Å². The number of hydrogen-bond acceptors (Lipinski definition) is 2. The summed E-state index contributed by atoms with van der Waals surface area (Å²) < 4.78 is 0. The molecule has 4 nitrogen and oxygen atoms in total. The number of anilines is 1. The molecule has 0 spiro atoms. The molecule has 4 rings (SSSR count). The number of nitrogens with zero attached hydrogens (tertiary/aromatic N) is 1. The third kappa shape index (κ3) is 3.70. The molecular formula is C24H21BrN2O2. The predicted octanol–water partition coefficient (Wildman–Crippen LogP) is 4.97. The molecule has 0 saturated heterocycles. The van der Waals surface area contributed by atoms with Gasteiger partial charge in [-0.2, -0.15) is 0 Å². The van der Waals surface area contributed by atoms with Crippen LogP contribution in [0.4, 0.5) is 5.69 Å². The van der Waals surface area contributed by atoms with E-state index in [2.05, 4.69) is 21.2 Å². The molecule has 0 aliphatic carbocycles. The van der Waals surface area contributed by atoms with E-state index in [4.69, 9.17) is 0 Å². The minimum atomic E-state index is -0.256. The van der Waals surface area contributed by atoms with Crippen molar-refractivity contribution >= 4 is 33.4 Å². The summed E-state index contributed by atoms with van der Waals surface area (Å²) in [6, 6.07) is 25.8. The third-order valence-corrected chi connectivity index (χ3v) is 6.57. The van der Waals surface area contributed by atoms with Gasteiger partial charge in [0.25, 0.3) is 11.8 Å². The highest BCUT2D eigenvalue weighted by atomic mass is 79.9. The lowest BCUT2D eigenvalue weighted by Crippen LogP contribution is -2.52. The van der Waals surface area contributed by atoms with Gasteiger partial charge in [-0.05, 0) is 42.8 Å². The molecule has 0 radical (unpaired) electrons. The molecule has 146 valence electrons. The predicted molar refractivity (Wildman–Crippen MR) is 119 cm³/mol. The Kier molecular flexibility index (Phi) is 5.49. The summed E-state index contributed by atoms with van der Waals surface area (Å²) in [5.74, 6) is -0.187. The van der Waals surface area contributed by atoms with Crippen molar-refractivity contribution in [3.05, 3.63) is 102 Å². The Morgan fingerprint density at radius 2 is 1.38 bits per heavy atom. The zero-order valence-electron chi connectivity index (χ0n) is 16.0. The van der Waals surface area contributed by atoms with E-state index in [9.17, 15) is 9.59 Å². The zero-order chi connectivity index (χ0) is 20.4. The molecule has 0 bridgehead atoms. The van der Waals surface area contributed by atoms with Crippen LogP contribution in [-0.4, -0.2) is 22.7 Å². The molecule has 3 unspecified atom stereocenters. The summed E-state index contributed by atoms with van der Waals surface area (Å²) in [6.07, 6.45) is 0. The summed E-state index contributed by atoms with van der Waals surface area (Å²) in [5.41, 5.74) is 2.99. The van der Waals surface area contributed by atoms with E-state index >= 15 is 0 Å². The van der Waals surface area contributed by atoms with Gasteiger partial charge in [0.1, 0.15) is 0 Å². The number of amides is 2. The van der Waals surface area contributed by atoms with Crippen LogP contribution in [0.3, 0.4) is 0 Å². The maximum absolute atomic E-state index is 13.3. The monoisotopic (exact) mass is 448 g/mol. The lowest BCUT2D eigenvalue weighted by atomic mass is 9.90.